The van der Waals surface area contributed by atoms with Crippen LogP contribution in [0.2, 0.25) is 5.02 Å². The van der Waals surface area contributed by atoms with E-state index in [1.54, 1.807) is 6.07 Å². The number of likely N-dealkylation sites (tertiary alicyclic amines) is 1. The van der Waals surface area contributed by atoms with Gasteiger partial charge in [0.05, 0.1) is 12.5 Å². The smallest absolute Gasteiger partial charge is 0.254 e. The second-order valence-electron chi connectivity index (χ2n) is 7.51. The monoisotopic (exact) mass is 413 g/mol. The Balaban J connectivity index is 1.51. The predicted molar refractivity (Wildman–Crippen MR) is 110 cm³/mol. The molecule has 6 nitrogen and oxygen atoms in total. The zero-order valence-electron chi connectivity index (χ0n) is 16.1. The first kappa shape index (κ1) is 19.9. The lowest BCUT2D eigenvalue weighted by atomic mass is 9.87. The standard InChI is InChI=1S/C22H24ClN3O3/c23-19-9-5-4-8-17(19)12-25-20(27)18-14-26(13-16-6-2-1-3-7-16)15-22(18)21(28)24-10-11-29-22/h1-9,18H,10-15H2,(H,24,28)(H,25,27)/t18-,22-/m1/s1. The van der Waals surface area contributed by atoms with E-state index >= 15 is 0 Å². The van der Waals surface area contributed by atoms with Crippen LogP contribution in [0, 0.1) is 5.92 Å². The van der Waals surface area contributed by atoms with Gasteiger partial charge in [-0.1, -0.05) is 60.1 Å². The number of halogens is 1. The average molecular weight is 414 g/mol. The molecule has 0 unspecified atom stereocenters. The molecule has 7 heteroatoms. The summed E-state index contributed by atoms with van der Waals surface area (Å²) in [6, 6.07) is 17.4. The van der Waals surface area contributed by atoms with Crippen LogP contribution < -0.4 is 10.6 Å². The number of carbonyl (C=O) groups is 2. The van der Waals surface area contributed by atoms with Crippen molar-refractivity contribution in [2.45, 2.75) is 18.7 Å². The van der Waals surface area contributed by atoms with E-state index < -0.39 is 11.5 Å². The molecular weight excluding hydrogens is 390 g/mol. The fourth-order valence-electron chi connectivity index (χ4n) is 4.11. The number of carbonyl (C=O) groups excluding carboxylic acids is 2. The van der Waals surface area contributed by atoms with Crippen molar-refractivity contribution in [3.05, 3.63) is 70.7 Å². The summed E-state index contributed by atoms with van der Waals surface area (Å²) in [4.78, 5) is 28.0. The van der Waals surface area contributed by atoms with Crippen molar-refractivity contribution in [2.24, 2.45) is 5.92 Å². The number of nitrogens with zero attached hydrogens (tertiary/aromatic N) is 1. The molecule has 0 saturated carbocycles. The van der Waals surface area contributed by atoms with Crippen LogP contribution in [-0.2, 0) is 27.4 Å². The number of ether oxygens (including phenoxy) is 1. The van der Waals surface area contributed by atoms with Crippen LogP contribution in [-0.4, -0.2) is 48.6 Å². The van der Waals surface area contributed by atoms with Crippen LogP contribution in [0.3, 0.4) is 0 Å². The minimum Gasteiger partial charge on any atom is -0.361 e. The van der Waals surface area contributed by atoms with Gasteiger partial charge in [0, 0.05) is 37.7 Å². The molecule has 2 fully saturated rings. The number of amides is 2. The van der Waals surface area contributed by atoms with E-state index in [-0.39, 0.29) is 11.8 Å². The third kappa shape index (κ3) is 4.15. The molecule has 2 heterocycles. The summed E-state index contributed by atoms with van der Waals surface area (Å²) in [6.07, 6.45) is 0. The van der Waals surface area contributed by atoms with Crippen molar-refractivity contribution in [1.29, 1.82) is 0 Å². The summed E-state index contributed by atoms with van der Waals surface area (Å²) >= 11 is 6.20. The summed E-state index contributed by atoms with van der Waals surface area (Å²) < 4.78 is 5.98. The lowest BCUT2D eigenvalue weighted by Gasteiger charge is -2.36. The van der Waals surface area contributed by atoms with Gasteiger partial charge in [-0.3, -0.25) is 14.5 Å². The van der Waals surface area contributed by atoms with E-state index in [9.17, 15) is 9.59 Å². The topological polar surface area (TPSA) is 70.7 Å². The molecule has 2 saturated heterocycles. The van der Waals surface area contributed by atoms with Crippen LogP contribution in [0.25, 0.3) is 0 Å². The molecular formula is C22H24ClN3O3. The van der Waals surface area contributed by atoms with Gasteiger partial charge in [0.1, 0.15) is 0 Å². The highest BCUT2D eigenvalue weighted by Crippen LogP contribution is 2.34. The zero-order chi connectivity index (χ0) is 20.3. The van der Waals surface area contributed by atoms with Gasteiger partial charge in [-0.05, 0) is 17.2 Å². The molecule has 0 bridgehead atoms. The molecule has 152 valence electrons. The molecule has 1 spiro atoms. The molecule has 2 aliphatic rings. The Morgan fingerprint density at radius 1 is 1.21 bits per heavy atom. The minimum atomic E-state index is -1.16. The number of morpholine rings is 1. The maximum Gasteiger partial charge on any atom is 0.254 e. The van der Waals surface area contributed by atoms with Crippen LogP contribution in [0.1, 0.15) is 11.1 Å². The molecule has 2 amide bonds. The van der Waals surface area contributed by atoms with Gasteiger partial charge in [0.2, 0.25) is 5.91 Å². The SMILES string of the molecule is O=C(NCc1ccccc1Cl)[C@H]1CN(Cc2ccccc2)C[C@@]12OCCNC2=O. The number of hydrogen-bond donors (Lipinski definition) is 2. The molecule has 2 aliphatic heterocycles. The fraction of sp³-hybridized carbons (Fsp3) is 0.364. The number of rotatable bonds is 5. The van der Waals surface area contributed by atoms with Crippen LogP contribution in [0.5, 0.6) is 0 Å². The Labute approximate surface area is 175 Å². The number of hydrogen-bond acceptors (Lipinski definition) is 4. The maximum atomic E-state index is 13.1. The van der Waals surface area contributed by atoms with E-state index in [1.165, 1.54) is 0 Å². The lowest BCUT2D eigenvalue weighted by Crippen LogP contribution is -2.61. The van der Waals surface area contributed by atoms with E-state index in [2.05, 4.69) is 15.5 Å². The molecule has 0 aliphatic carbocycles. The van der Waals surface area contributed by atoms with E-state index in [4.69, 9.17) is 16.3 Å². The van der Waals surface area contributed by atoms with Crippen LogP contribution >= 0.6 is 11.6 Å². The highest BCUT2D eigenvalue weighted by Gasteiger charge is 2.57. The van der Waals surface area contributed by atoms with Crippen molar-refractivity contribution >= 4 is 23.4 Å². The van der Waals surface area contributed by atoms with E-state index in [0.717, 1.165) is 11.1 Å². The molecule has 29 heavy (non-hydrogen) atoms. The summed E-state index contributed by atoms with van der Waals surface area (Å²) in [5.74, 6) is -0.997. The molecule has 2 atom stereocenters. The summed E-state index contributed by atoms with van der Waals surface area (Å²) in [7, 11) is 0. The van der Waals surface area contributed by atoms with Crippen molar-refractivity contribution < 1.29 is 14.3 Å². The first-order valence-electron chi connectivity index (χ1n) is 9.78. The second-order valence-corrected chi connectivity index (χ2v) is 7.92. The highest BCUT2D eigenvalue weighted by atomic mass is 35.5. The van der Waals surface area contributed by atoms with E-state index in [1.807, 2.05) is 48.5 Å². The Morgan fingerprint density at radius 3 is 2.72 bits per heavy atom. The van der Waals surface area contributed by atoms with Crippen molar-refractivity contribution in [3.63, 3.8) is 0 Å². The molecule has 4 rings (SSSR count). The Kier molecular flexibility index (Phi) is 5.85. The average Bonchev–Trinajstić information content (AvgIpc) is 3.09. The molecule has 2 aromatic rings. The molecule has 2 aromatic carbocycles. The lowest BCUT2D eigenvalue weighted by molar-refractivity contribution is -0.163. The van der Waals surface area contributed by atoms with Crippen molar-refractivity contribution in [3.8, 4) is 0 Å². The maximum absolute atomic E-state index is 13.1. The van der Waals surface area contributed by atoms with Crippen molar-refractivity contribution in [2.75, 3.05) is 26.2 Å². The van der Waals surface area contributed by atoms with Gasteiger partial charge in [0.15, 0.2) is 5.60 Å². The van der Waals surface area contributed by atoms with E-state index in [0.29, 0.717) is 44.4 Å². The molecule has 0 radical (unpaired) electrons. The predicted octanol–water partition coefficient (Wildman–Crippen LogP) is 1.97. The third-order valence-electron chi connectivity index (χ3n) is 5.57. The quantitative estimate of drug-likeness (QED) is 0.786. The van der Waals surface area contributed by atoms with Crippen LogP contribution in [0.4, 0.5) is 0 Å². The van der Waals surface area contributed by atoms with Gasteiger partial charge in [0.25, 0.3) is 5.91 Å². The summed E-state index contributed by atoms with van der Waals surface area (Å²) in [5, 5.41) is 6.43. The number of nitrogens with one attached hydrogen (secondary N) is 2. The second kappa shape index (κ2) is 8.53. The Hall–Kier alpha value is -2.41. The fourth-order valence-corrected chi connectivity index (χ4v) is 4.31. The van der Waals surface area contributed by atoms with Gasteiger partial charge < -0.3 is 15.4 Å². The Morgan fingerprint density at radius 2 is 1.97 bits per heavy atom. The highest BCUT2D eigenvalue weighted by molar-refractivity contribution is 6.31. The largest absolute Gasteiger partial charge is 0.361 e. The first-order chi connectivity index (χ1) is 14.1. The zero-order valence-corrected chi connectivity index (χ0v) is 16.8. The third-order valence-corrected chi connectivity index (χ3v) is 5.94. The normalized spacial score (nSPS) is 24.4. The van der Waals surface area contributed by atoms with Crippen LogP contribution in [0.15, 0.2) is 54.6 Å². The van der Waals surface area contributed by atoms with Gasteiger partial charge in [-0.2, -0.15) is 0 Å². The van der Waals surface area contributed by atoms with Gasteiger partial charge in [-0.25, -0.2) is 0 Å². The van der Waals surface area contributed by atoms with Crippen molar-refractivity contribution in [1.82, 2.24) is 15.5 Å². The summed E-state index contributed by atoms with van der Waals surface area (Å²) in [5.41, 5.74) is 0.818. The van der Waals surface area contributed by atoms with Gasteiger partial charge >= 0.3 is 0 Å². The van der Waals surface area contributed by atoms with Gasteiger partial charge in [-0.15, -0.1) is 0 Å². The molecule has 0 aromatic heterocycles. The molecule has 2 N–H and O–H groups in total. The Bertz CT molecular complexity index is 892. The minimum absolute atomic E-state index is 0.197. The first-order valence-corrected chi connectivity index (χ1v) is 10.2. The number of benzene rings is 2. The summed E-state index contributed by atoms with van der Waals surface area (Å²) in [6.45, 7) is 2.68.